The molecule has 0 aliphatic rings. The van der Waals surface area contributed by atoms with E-state index in [9.17, 15) is 4.39 Å². The van der Waals surface area contributed by atoms with Crippen molar-refractivity contribution in [3.63, 3.8) is 0 Å². The number of aromatic nitrogens is 6. The fraction of sp³-hybridized carbons (Fsp3) is 0. The van der Waals surface area contributed by atoms with Crippen molar-refractivity contribution in [1.29, 1.82) is 0 Å². The Morgan fingerprint density at radius 2 is 2.00 bits per heavy atom. The van der Waals surface area contributed by atoms with Crippen LogP contribution in [0.2, 0.25) is 10.3 Å². The molecule has 0 radical (unpaired) electrons. The number of halogens is 3. The Bertz CT molecular complexity index is 782. The minimum atomic E-state index is -0.620. The van der Waals surface area contributed by atoms with Crippen molar-refractivity contribution in [1.82, 2.24) is 29.7 Å². The number of ether oxygens (including phenoxy) is 1. The third-order valence-corrected chi connectivity index (χ3v) is 2.78. The Balaban J connectivity index is 1.93. The predicted octanol–water partition coefficient (Wildman–Crippen LogP) is 2.69. The summed E-state index contributed by atoms with van der Waals surface area (Å²) in [5.41, 5.74) is 0. The first-order chi connectivity index (χ1) is 10.1. The van der Waals surface area contributed by atoms with Crippen LogP contribution in [0.25, 0.3) is 5.95 Å². The fourth-order valence-electron chi connectivity index (χ4n) is 1.43. The van der Waals surface area contributed by atoms with Crippen molar-refractivity contribution < 1.29 is 9.13 Å². The van der Waals surface area contributed by atoms with Gasteiger partial charge in [0.15, 0.2) is 0 Å². The highest BCUT2D eigenvalue weighted by Crippen LogP contribution is 2.24. The number of nitrogens with zero attached hydrogens (tertiary/aromatic N) is 6. The zero-order chi connectivity index (χ0) is 14.8. The van der Waals surface area contributed by atoms with Crippen molar-refractivity contribution >= 4 is 23.2 Å². The Labute approximate surface area is 127 Å². The zero-order valence-corrected chi connectivity index (χ0v) is 11.6. The molecule has 3 aromatic rings. The highest BCUT2D eigenvalue weighted by Gasteiger charge is 2.10. The highest BCUT2D eigenvalue weighted by molar-refractivity contribution is 6.30. The van der Waals surface area contributed by atoms with Crippen LogP contribution < -0.4 is 4.74 Å². The highest BCUT2D eigenvalue weighted by atomic mass is 35.5. The van der Waals surface area contributed by atoms with Crippen molar-refractivity contribution in [2.45, 2.75) is 0 Å². The van der Waals surface area contributed by atoms with E-state index in [2.05, 4.69) is 25.0 Å². The summed E-state index contributed by atoms with van der Waals surface area (Å²) in [5, 5.41) is 3.75. The molecule has 0 aliphatic heterocycles. The van der Waals surface area contributed by atoms with E-state index in [-0.39, 0.29) is 28.0 Å². The van der Waals surface area contributed by atoms with Crippen LogP contribution in [0.4, 0.5) is 4.39 Å². The quantitative estimate of drug-likeness (QED) is 0.736. The van der Waals surface area contributed by atoms with Crippen LogP contribution in [0.5, 0.6) is 11.8 Å². The van der Waals surface area contributed by atoms with Gasteiger partial charge < -0.3 is 4.74 Å². The second-order valence-electron chi connectivity index (χ2n) is 3.71. The van der Waals surface area contributed by atoms with Crippen molar-refractivity contribution in [2.24, 2.45) is 0 Å². The van der Waals surface area contributed by atoms with Gasteiger partial charge in [-0.2, -0.15) is 24.7 Å². The second-order valence-corrected chi connectivity index (χ2v) is 4.45. The largest absolute Gasteiger partial charge is 0.424 e. The molecular weight excluding hydrogens is 322 g/mol. The molecule has 3 rings (SSSR count). The van der Waals surface area contributed by atoms with E-state index >= 15 is 0 Å². The molecule has 106 valence electrons. The van der Waals surface area contributed by atoms with Gasteiger partial charge in [0.1, 0.15) is 24.2 Å². The molecule has 0 saturated heterocycles. The third-order valence-electron chi connectivity index (χ3n) is 2.30. The minimum absolute atomic E-state index is 0.0145. The zero-order valence-electron chi connectivity index (χ0n) is 10.1. The molecule has 0 fully saturated rings. The molecule has 0 saturated carbocycles. The first-order valence-corrected chi connectivity index (χ1v) is 6.27. The van der Waals surface area contributed by atoms with Crippen molar-refractivity contribution in [3.8, 4) is 17.7 Å². The molecule has 0 bridgehead atoms. The Hall–Kier alpha value is -2.32. The summed E-state index contributed by atoms with van der Waals surface area (Å²) in [5.74, 6) is -0.327. The summed E-state index contributed by atoms with van der Waals surface area (Å²) in [7, 11) is 0. The van der Waals surface area contributed by atoms with E-state index in [0.29, 0.717) is 0 Å². The van der Waals surface area contributed by atoms with Gasteiger partial charge in [0.25, 0.3) is 5.95 Å². The molecule has 0 aliphatic carbocycles. The molecule has 2 aromatic heterocycles. The van der Waals surface area contributed by atoms with Gasteiger partial charge in [-0.3, -0.25) is 0 Å². The maximum Gasteiger partial charge on any atom is 0.328 e. The predicted molar refractivity (Wildman–Crippen MR) is 71.2 cm³/mol. The molecular formula is C11H5Cl2FN6O. The Morgan fingerprint density at radius 1 is 1.14 bits per heavy atom. The number of hydrogen-bond acceptors (Lipinski definition) is 6. The van der Waals surface area contributed by atoms with Crippen molar-refractivity contribution in [3.05, 3.63) is 47.0 Å². The maximum atomic E-state index is 13.4. The van der Waals surface area contributed by atoms with Gasteiger partial charge >= 0.3 is 6.01 Å². The SMILES string of the molecule is Fc1cc(Oc2nc(Cl)nc(-n3cncn3)n2)ccc1Cl. The van der Waals surface area contributed by atoms with Crippen LogP contribution >= 0.6 is 23.2 Å². The smallest absolute Gasteiger partial charge is 0.328 e. The van der Waals surface area contributed by atoms with Crippen LogP contribution in [-0.2, 0) is 0 Å². The lowest BCUT2D eigenvalue weighted by Crippen LogP contribution is -2.05. The molecule has 0 N–H and O–H groups in total. The van der Waals surface area contributed by atoms with E-state index in [0.717, 1.165) is 6.07 Å². The van der Waals surface area contributed by atoms with E-state index in [1.165, 1.54) is 29.5 Å². The van der Waals surface area contributed by atoms with E-state index < -0.39 is 5.82 Å². The van der Waals surface area contributed by atoms with E-state index in [4.69, 9.17) is 27.9 Å². The molecule has 21 heavy (non-hydrogen) atoms. The van der Waals surface area contributed by atoms with Crippen LogP contribution in [0.1, 0.15) is 0 Å². The lowest BCUT2D eigenvalue weighted by Gasteiger charge is -2.06. The summed E-state index contributed by atoms with van der Waals surface area (Å²) < 4.78 is 20.0. The van der Waals surface area contributed by atoms with Crippen LogP contribution in [0.3, 0.4) is 0 Å². The molecule has 7 nitrogen and oxygen atoms in total. The normalized spacial score (nSPS) is 10.6. The first-order valence-electron chi connectivity index (χ1n) is 5.51. The first kappa shape index (κ1) is 13.7. The minimum Gasteiger partial charge on any atom is -0.424 e. The molecule has 2 heterocycles. The van der Waals surface area contributed by atoms with Gasteiger partial charge in [0.2, 0.25) is 5.28 Å². The summed E-state index contributed by atoms with van der Waals surface area (Å²) in [6.07, 6.45) is 2.70. The van der Waals surface area contributed by atoms with Crippen LogP contribution in [0.15, 0.2) is 30.9 Å². The summed E-state index contributed by atoms with van der Waals surface area (Å²) >= 11 is 11.4. The number of rotatable bonds is 3. The molecule has 1 aromatic carbocycles. The third kappa shape index (κ3) is 3.06. The molecule has 0 spiro atoms. The second kappa shape index (κ2) is 5.58. The molecule has 0 atom stereocenters. The summed E-state index contributed by atoms with van der Waals surface area (Å²) in [6.45, 7) is 0. The van der Waals surface area contributed by atoms with E-state index in [1.54, 1.807) is 0 Å². The average molecular weight is 327 g/mol. The maximum absolute atomic E-state index is 13.4. The van der Waals surface area contributed by atoms with Gasteiger partial charge in [0.05, 0.1) is 5.02 Å². The average Bonchev–Trinajstić information content (AvgIpc) is 2.96. The van der Waals surface area contributed by atoms with Crippen LogP contribution in [-0.4, -0.2) is 29.7 Å². The molecule has 10 heteroatoms. The number of benzene rings is 1. The topological polar surface area (TPSA) is 78.6 Å². The van der Waals surface area contributed by atoms with Gasteiger partial charge in [0, 0.05) is 6.07 Å². The lowest BCUT2D eigenvalue weighted by atomic mass is 10.3. The fourth-order valence-corrected chi connectivity index (χ4v) is 1.69. The van der Waals surface area contributed by atoms with Crippen LogP contribution in [0, 0.1) is 5.82 Å². The summed E-state index contributed by atoms with van der Waals surface area (Å²) in [4.78, 5) is 15.4. The lowest BCUT2D eigenvalue weighted by molar-refractivity contribution is 0.433. The Kier molecular flexibility index (Phi) is 3.63. The van der Waals surface area contributed by atoms with Gasteiger partial charge in [-0.25, -0.2) is 9.37 Å². The Morgan fingerprint density at radius 3 is 2.71 bits per heavy atom. The standard InChI is InChI=1S/C11H5Cl2FN6O/c12-7-2-1-6(3-8(7)14)21-11-18-9(13)17-10(19-11)20-5-15-4-16-20/h1-5H. The number of hydrogen-bond donors (Lipinski definition) is 0. The molecule has 0 amide bonds. The molecule has 0 unspecified atom stereocenters. The van der Waals surface area contributed by atoms with Gasteiger partial charge in [-0.05, 0) is 23.7 Å². The summed E-state index contributed by atoms with van der Waals surface area (Å²) in [6, 6.07) is 3.82. The van der Waals surface area contributed by atoms with Gasteiger partial charge in [-0.1, -0.05) is 11.6 Å². The monoisotopic (exact) mass is 326 g/mol. The van der Waals surface area contributed by atoms with Gasteiger partial charge in [-0.15, -0.1) is 0 Å². The van der Waals surface area contributed by atoms with Crippen molar-refractivity contribution in [2.75, 3.05) is 0 Å². The van der Waals surface area contributed by atoms with E-state index in [1.807, 2.05) is 0 Å².